The zero-order chi connectivity index (χ0) is 13.7. The zero-order valence-electron chi connectivity index (χ0n) is 11.1. The standard InChI is InChI=1S/C16H19FN2/c1-13-5-4-7-15(11-13)19(10-9-18)12-14-6-2-3-8-16(14)17/h2-8,11H,9-10,12,18H2,1H3. The number of halogens is 1. The van der Waals surface area contributed by atoms with Gasteiger partial charge in [-0.15, -0.1) is 0 Å². The van der Waals surface area contributed by atoms with Crippen molar-refractivity contribution in [2.75, 3.05) is 18.0 Å². The second-order valence-corrected chi connectivity index (χ2v) is 4.64. The molecule has 19 heavy (non-hydrogen) atoms. The van der Waals surface area contributed by atoms with Gasteiger partial charge in [-0.05, 0) is 30.7 Å². The van der Waals surface area contributed by atoms with E-state index in [0.717, 1.165) is 5.69 Å². The van der Waals surface area contributed by atoms with Crippen molar-refractivity contribution in [2.24, 2.45) is 5.73 Å². The Hall–Kier alpha value is -1.87. The fraction of sp³-hybridized carbons (Fsp3) is 0.250. The molecule has 0 atom stereocenters. The number of rotatable bonds is 5. The molecular formula is C16H19FN2. The van der Waals surface area contributed by atoms with Crippen molar-refractivity contribution in [1.82, 2.24) is 0 Å². The highest BCUT2D eigenvalue weighted by molar-refractivity contribution is 5.49. The molecule has 2 aromatic rings. The zero-order valence-corrected chi connectivity index (χ0v) is 11.1. The minimum absolute atomic E-state index is 0.169. The second kappa shape index (κ2) is 6.34. The van der Waals surface area contributed by atoms with Gasteiger partial charge >= 0.3 is 0 Å². The molecule has 0 fully saturated rings. The van der Waals surface area contributed by atoms with Crippen molar-refractivity contribution >= 4 is 5.69 Å². The van der Waals surface area contributed by atoms with Gasteiger partial charge in [-0.2, -0.15) is 0 Å². The van der Waals surface area contributed by atoms with Gasteiger partial charge in [0, 0.05) is 30.9 Å². The van der Waals surface area contributed by atoms with Gasteiger partial charge in [-0.25, -0.2) is 4.39 Å². The molecule has 0 aliphatic carbocycles. The van der Waals surface area contributed by atoms with E-state index in [-0.39, 0.29) is 5.82 Å². The van der Waals surface area contributed by atoms with Crippen LogP contribution in [0.4, 0.5) is 10.1 Å². The van der Waals surface area contributed by atoms with Gasteiger partial charge in [-0.3, -0.25) is 0 Å². The van der Waals surface area contributed by atoms with Gasteiger partial charge in [0.2, 0.25) is 0 Å². The SMILES string of the molecule is Cc1cccc(N(CCN)Cc2ccccc2F)c1. The molecule has 0 spiro atoms. The lowest BCUT2D eigenvalue weighted by atomic mass is 10.1. The average molecular weight is 258 g/mol. The molecule has 2 N–H and O–H groups in total. The van der Waals surface area contributed by atoms with E-state index in [9.17, 15) is 4.39 Å². The number of anilines is 1. The van der Waals surface area contributed by atoms with Gasteiger partial charge in [0.15, 0.2) is 0 Å². The third kappa shape index (κ3) is 3.55. The quantitative estimate of drug-likeness (QED) is 0.893. The summed E-state index contributed by atoms with van der Waals surface area (Å²) in [4.78, 5) is 2.10. The monoisotopic (exact) mass is 258 g/mol. The van der Waals surface area contributed by atoms with Crippen molar-refractivity contribution < 1.29 is 4.39 Å². The van der Waals surface area contributed by atoms with E-state index in [1.54, 1.807) is 6.07 Å². The van der Waals surface area contributed by atoms with E-state index < -0.39 is 0 Å². The molecule has 0 aliphatic rings. The van der Waals surface area contributed by atoms with Crippen molar-refractivity contribution in [1.29, 1.82) is 0 Å². The predicted octanol–water partition coefficient (Wildman–Crippen LogP) is 3.10. The summed E-state index contributed by atoms with van der Waals surface area (Å²) in [6, 6.07) is 15.1. The molecule has 0 amide bonds. The maximum Gasteiger partial charge on any atom is 0.128 e. The number of hydrogen-bond acceptors (Lipinski definition) is 2. The van der Waals surface area contributed by atoms with Crippen molar-refractivity contribution in [2.45, 2.75) is 13.5 Å². The first kappa shape index (κ1) is 13.6. The molecule has 2 nitrogen and oxygen atoms in total. The largest absolute Gasteiger partial charge is 0.366 e. The Morgan fingerprint density at radius 3 is 2.58 bits per heavy atom. The third-order valence-corrected chi connectivity index (χ3v) is 3.08. The van der Waals surface area contributed by atoms with Crippen LogP contribution >= 0.6 is 0 Å². The van der Waals surface area contributed by atoms with Crippen molar-refractivity contribution in [3.8, 4) is 0 Å². The Bertz CT molecular complexity index is 540. The first-order valence-corrected chi connectivity index (χ1v) is 6.46. The first-order valence-electron chi connectivity index (χ1n) is 6.46. The lowest BCUT2D eigenvalue weighted by Crippen LogP contribution is -2.29. The van der Waals surface area contributed by atoms with Crippen molar-refractivity contribution in [3.63, 3.8) is 0 Å². The number of hydrogen-bond donors (Lipinski definition) is 1. The molecule has 0 radical (unpaired) electrons. The van der Waals surface area contributed by atoms with Crippen LogP contribution in [-0.4, -0.2) is 13.1 Å². The molecule has 0 aromatic heterocycles. The van der Waals surface area contributed by atoms with Crippen LogP contribution < -0.4 is 10.6 Å². The lowest BCUT2D eigenvalue weighted by Gasteiger charge is -2.25. The minimum Gasteiger partial charge on any atom is -0.366 e. The summed E-state index contributed by atoms with van der Waals surface area (Å²) in [6.45, 7) is 3.83. The fourth-order valence-electron chi connectivity index (χ4n) is 2.11. The Labute approximate surface area is 113 Å². The summed E-state index contributed by atoms with van der Waals surface area (Å²) in [5.74, 6) is -0.169. The Morgan fingerprint density at radius 1 is 1.11 bits per heavy atom. The van der Waals surface area contributed by atoms with Crippen LogP contribution in [0.3, 0.4) is 0 Å². The van der Waals surface area contributed by atoms with Gasteiger partial charge in [0.05, 0.1) is 0 Å². The molecule has 0 bridgehead atoms. The van der Waals surface area contributed by atoms with E-state index >= 15 is 0 Å². The molecule has 0 saturated heterocycles. The Morgan fingerprint density at radius 2 is 1.89 bits per heavy atom. The molecule has 3 heteroatoms. The van der Waals surface area contributed by atoms with Crippen LogP contribution in [0.5, 0.6) is 0 Å². The Kier molecular flexibility index (Phi) is 4.53. The minimum atomic E-state index is -0.169. The number of nitrogens with two attached hydrogens (primary N) is 1. The van der Waals surface area contributed by atoms with Gasteiger partial charge in [0.25, 0.3) is 0 Å². The molecule has 0 aliphatic heterocycles. The van der Waals surface area contributed by atoms with Crippen LogP contribution in [0.2, 0.25) is 0 Å². The third-order valence-electron chi connectivity index (χ3n) is 3.08. The van der Waals surface area contributed by atoms with Gasteiger partial charge in [0.1, 0.15) is 5.82 Å². The molecule has 100 valence electrons. The van der Waals surface area contributed by atoms with Crippen LogP contribution in [0.15, 0.2) is 48.5 Å². The molecular weight excluding hydrogens is 239 g/mol. The molecule has 2 rings (SSSR count). The average Bonchev–Trinajstić information content (AvgIpc) is 2.40. The first-order chi connectivity index (χ1) is 9.20. The summed E-state index contributed by atoms with van der Waals surface area (Å²) in [5, 5.41) is 0. The van der Waals surface area contributed by atoms with Gasteiger partial charge < -0.3 is 10.6 Å². The predicted molar refractivity (Wildman–Crippen MR) is 77.7 cm³/mol. The lowest BCUT2D eigenvalue weighted by molar-refractivity contribution is 0.604. The highest BCUT2D eigenvalue weighted by Gasteiger charge is 2.09. The summed E-state index contributed by atoms with van der Waals surface area (Å²) in [7, 11) is 0. The van der Waals surface area contributed by atoms with E-state index in [0.29, 0.717) is 25.2 Å². The molecule has 0 heterocycles. The van der Waals surface area contributed by atoms with E-state index in [1.807, 2.05) is 37.3 Å². The van der Waals surface area contributed by atoms with Crippen LogP contribution in [0, 0.1) is 12.7 Å². The molecule has 0 saturated carbocycles. The molecule has 0 unspecified atom stereocenters. The summed E-state index contributed by atoms with van der Waals surface area (Å²) >= 11 is 0. The summed E-state index contributed by atoms with van der Waals surface area (Å²) < 4.78 is 13.7. The van der Waals surface area contributed by atoms with E-state index in [1.165, 1.54) is 11.6 Å². The topological polar surface area (TPSA) is 29.3 Å². The second-order valence-electron chi connectivity index (χ2n) is 4.64. The van der Waals surface area contributed by atoms with E-state index in [2.05, 4.69) is 11.0 Å². The number of nitrogens with zero attached hydrogens (tertiary/aromatic N) is 1. The smallest absolute Gasteiger partial charge is 0.128 e. The van der Waals surface area contributed by atoms with E-state index in [4.69, 9.17) is 5.73 Å². The maximum atomic E-state index is 13.7. The highest BCUT2D eigenvalue weighted by atomic mass is 19.1. The molecule has 2 aromatic carbocycles. The van der Waals surface area contributed by atoms with Crippen LogP contribution in [0.25, 0.3) is 0 Å². The van der Waals surface area contributed by atoms with Gasteiger partial charge in [-0.1, -0.05) is 30.3 Å². The number of benzene rings is 2. The maximum absolute atomic E-state index is 13.7. The highest BCUT2D eigenvalue weighted by Crippen LogP contribution is 2.19. The van der Waals surface area contributed by atoms with Crippen molar-refractivity contribution in [3.05, 3.63) is 65.5 Å². The van der Waals surface area contributed by atoms with Crippen LogP contribution in [-0.2, 0) is 6.54 Å². The van der Waals surface area contributed by atoms with Crippen LogP contribution in [0.1, 0.15) is 11.1 Å². The Balaban J connectivity index is 2.24. The summed E-state index contributed by atoms with van der Waals surface area (Å²) in [5.41, 5.74) is 8.62. The summed E-state index contributed by atoms with van der Waals surface area (Å²) in [6.07, 6.45) is 0. The normalized spacial score (nSPS) is 10.5. The fourth-order valence-corrected chi connectivity index (χ4v) is 2.11. The number of aryl methyl sites for hydroxylation is 1.